The van der Waals surface area contributed by atoms with E-state index in [1.54, 1.807) is 4.90 Å². The molecule has 0 bridgehead atoms. The van der Waals surface area contributed by atoms with Crippen molar-refractivity contribution in [2.45, 2.75) is 66.3 Å². The zero-order valence-corrected chi connectivity index (χ0v) is 21.4. The van der Waals surface area contributed by atoms with Crippen LogP contribution in [0.4, 0.5) is 0 Å². The minimum absolute atomic E-state index is 0.144. The zero-order valence-electron chi connectivity index (χ0n) is 21.4. The number of carbonyl (C=O) groups is 1. The van der Waals surface area contributed by atoms with E-state index in [0.717, 1.165) is 42.4 Å². The summed E-state index contributed by atoms with van der Waals surface area (Å²) in [6.45, 7) is 11.6. The van der Waals surface area contributed by atoms with Crippen LogP contribution >= 0.6 is 0 Å². The number of unbranched alkanes of at least 4 members (excludes halogenated alkanes) is 2. The van der Waals surface area contributed by atoms with Gasteiger partial charge >= 0.3 is 0 Å². The van der Waals surface area contributed by atoms with Crippen LogP contribution in [0.15, 0.2) is 39.5 Å². The molecule has 1 unspecified atom stereocenters. The summed E-state index contributed by atoms with van der Waals surface area (Å²) < 4.78 is 18.0. The highest BCUT2D eigenvalue weighted by atomic mass is 16.5. The van der Waals surface area contributed by atoms with Crippen molar-refractivity contribution in [3.8, 4) is 11.5 Å². The zero-order chi connectivity index (χ0) is 25.1. The maximum absolute atomic E-state index is 13.8. The fourth-order valence-corrected chi connectivity index (χ4v) is 4.91. The Bertz CT molecular complexity index is 1290. The van der Waals surface area contributed by atoms with Crippen molar-refractivity contribution in [1.82, 2.24) is 4.90 Å². The van der Waals surface area contributed by atoms with Gasteiger partial charge in [-0.3, -0.25) is 9.59 Å². The van der Waals surface area contributed by atoms with Crippen LogP contribution in [0.5, 0.6) is 11.5 Å². The van der Waals surface area contributed by atoms with E-state index in [-0.39, 0.29) is 17.1 Å². The lowest BCUT2D eigenvalue weighted by atomic mass is 9.97. The van der Waals surface area contributed by atoms with Crippen LogP contribution in [0.25, 0.3) is 11.0 Å². The first-order valence-electron chi connectivity index (χ1n) is 12.7. The van der Waals surface area contributed by atoms with Gasteiger partial charge in [0, 0.05) is 6.54 Å². The molecule has 1 aliphatic rings. The molecule has 0 spiro atoms. The molecule has 3 aromatic rings. The van der Waals surface area contributed by atoms with Crippen LogP contribution in [0, 0.1) is 13.8 Å². The summed E-state index contributed by atoms with van der Waals surface area (Å²) in [6.07, 6.45) is 3.97. The van der Waals surface area contributed by atoms with Gasteiger partial charge in [-0.1, -0.05) is 38.8 Å². The van der Waals surface area contributed by atoms with Gasteiger partial charge < -0.3 is 18.8 Å². The molecule has 2 aromatic carbocycles. The number of hydrogen-bond donors (Lipinski definition) is 0. The van der Waals surface area contributed by atoms with Crippen molar-refractivity contribution < 1.29 is 18.7 Å². The van der Waals surface area contributed by atoms with E-state index in [1.807, 2.05) is 58.0 Å². The highest BCUT2D eigenvalue weighted by molar-refractivity contribution is 5.99. The quantitative estimate of drug-likeness (QED) is 0.319. The number of rotatable bonds is 10. The molecule has 0 fully saturated rings. The molecule has 1 amide bonds. The van der Waals surface area contributed by atoms with Crippen LogP contribution in [-0.4, -0.2) is 30.6 Å². The number of nitrogens with zero attached hydrogens (tertiary/aromatic N) is 1. The molecule has 0 aliphatic carbocycles. The summed E-state index contributed by atoms with van der Waals surface area (Å²) >= 11 is 0. The summed E-state index contributed by atoms with van der Waals surface area (Å²) in [5.41, 5.74) is 3.38. The molecule has 1 aliphatic heterocycles. The Hall–Kier alpha value is -3.28. The van der Waals surface area contributed by atoms with E-state index in [2.05, 4.69) is 6.92 Å². The van der Waals surface area contributed by atoms with Crippen molar-refractivity contribution in [1.29, 1.82) is 0 Å². The van der Waals surface area contributed by atoms with Gasteiger partial charge in [0.2, 0.25) is 5.76 Å². The first-order valence-corrected chi connectivity index (χ1v) is 12.7. The van der Waals surface area contributed by atoms with E-state index in [4.69, 9.17) is 13.9 Å². The normalized spacial score (nSPS) is 15.1. The Morgan fingerprint density at radius 2 is 1.74 bits per heavy atom. The summed E-state index contributed by atoms with van der Waals surface area (Å²) in [4.78, 5) is 29.0. The third-order valence-electron chi connectivity index (χ3n) is 6.45. The lowest BCUT2D eigenvalue weighted by Gasteiger charge is -2.25. The van der Waals surface area contributed by atoms with Gasteiger partial charge in [0.05, 0.1) is 30.2 Å². The minimum atomic E-state index is -0.535. The Morgan fingerprint density at radius 3 is 2.46 bits per heavy atom. The van der Waals surface area contributed by atoms with Gasteiger partial charge in [-0.25, -0.2) is 0 Å². The molecule has 0 saturated heterocycles. The lowest BCUT2D eigenvalue weighted by molar-refractivity contribution is 0.0728. The number of hydrogen-bond acceptors (Lipinski definition) is 5. The fourth-order valence-electron chi connectivity index (χ4n) is 4.91. The summed E-state index contributed by atoms with van der Waals surface area (Å²) in [5.74, 6) is 1.19. The minimum Gasteiger partial charge on any atom is -0.490 e. The number of amides is 1. The van der Waals surface area contributed by atoms with Gasteiger partial charge in [-0.2, -0.15) is 0 Å². The van der Waals surface area contributed by atoms with E-state index in [9.17, 15) is 9.59 Å². The predicted octanol–water partition coefficient (Wildman–Crippen LogP) is 6.33. The van der Waals surface area contributed by atoms with E-state index >= 15 is 0 Å². The first-order chi connectivity index (χ1) is 16.9. The van der Waals surface area contributed by atoms with Crippen LogP contribution < -0.4 is 14.9 Å². The SMILES string of the molecule is CCCCCOc1ccc(C2c3c(oc4c(C)cc(C)cc4c3=O)C(=O)N2CCC)cc1OCC. The number of benzene rings is 2. The second kappa shape index (κ2) is 10.5. The second-order valence-electron chi connectivity index (χ2n) is 9.23. The molecule has 2 heterocycles. The Kier molecular flexibility index (Phi) is 7.48. The van der Waals surface area contributed by atoms with Crippen LogP contribution in [0.3, 0.4) is 0 Å². The van der Waals surface area contributed by atoms with Crippen LogP contribution in [0.2, 0.25) is 0 Å². The van der Waals surface area contributed by atoms with Crippen molar-refractivity contribution in [2.24, 2.45) is 0 Å². The Balaban J connectivity index is 1.84. The molecular formula is C29H35NO5. The van der Waals surface area contributed by atoms with Crippen molar-refractivity contribution in [3.05, 3.63) is 68.6 Å². The number of carbonyl (C=O) groups excluding carboxylic acids is 1. The molecular weight excluding hydrogens is 442 g/mol. The number of aryl methyl sites for hydroxylation is 2. The summed E-state index contributed by atoms with van der Waals surface area (Å²) in [5, 5.41) is 0.512. The van der Waals surface area contributed by atoms with Gasteiger partial charge in [0.1, 0.15) is 5.58 Å². The second-order valence-corrected chi connectivity index (χ2v) is 9.23. The number of fused-ring (bicyclic) bond motifs is 2. The van der Waals surface area contributed by atoms with Crippen molar-refractivity contribution >= 4 is 16.9 Å². The smallest absolute Gasteiger partial charge is 0.290 e. The third-order valence-corrected chi connectivity index (χ3v) is 6.45. The largest absolute Gasteiger partial charge is 0.490 e. The average Bonchev–Trinajstić information content (AvgIpc) is 3.11. The third kappa shape index (κ3) is 4.66. The predicted molar refractivity (Wildman–Crippen MR) is 138 cm³/mol. The Labute approximate surface area is 206 Å². The molecule has 6 nitrogen and oxygen atoms in total. The lowest BCUT2D eigenvalue weighted by Crippen LogP contribution is -2.30. The molecule has 1 aromatic heterocycles. The van der Waals surface area contributed by atoms with Crippen molar-refractivity contribution in [2.75, 3.05) is 19.8 Å². The van der Waals surface area contributed by atoms with Gasteiger partial charge in [0.15, 0.2) is 16.9 Å². The molecule has 0 radical (unpaired) electrons. The van der Waals surface area contributed by atoms with Gasteiger partial charge in [0.25, 0.3) is 5.91 Å². The topological polar surface area (TPSA) is 69.0 Å². The molecule has 35 heavy (non-hydrogen) atoms. The molecule has 1 atom stereocenters. The van der Waals surface area contributed by atoms with Crippen molar-refractivity contribution in [3.63, 3.8) is 0 Å². The standard InChI is InChI=1S/C29H35NO5/c1-6-9-10-14-34-22-12-11-20(17-23(22)33-8-3)25-24-26(31)21-16-18(4)15-19(5)27(21)35-28(24)29(32)30(25)13-7-2/h11-12,15-17,25H,6-10,13-14H2,1-5H3. The molecule has 6 heteroatoms. The Morgan fingerprint density at radius 1 is 0.943 bits per heavy atom. The van der Waals surface area contributed by atoms with E-state index < -0.39 is 6.04 Å². The number of ether oxygens (including phenoxy) is 2. The maximum Gasteiger partial charge on any atom is 0.290 e. The molecule has 4 rings (SSSR count). The fraction of sp³-hybridized carbons (Fsp3) is 0.448. The molecule has 0 saturated carbocycles. The van der Waals surface area contributed by atoms with Crippen LogP contribution in [-0.2, 0) is 0 Å². The monoisotopic (exact) mass is 477 g/mol. The average molecular weight is 478 g/mol. The molecule has 0 N–H and O–H groups in total. The first kappa shape index (κ1) is 24.8. The molecule has 186 valence electrons. The van der Waals surface area contributed by atoms with E-state index in [0.29, 0.717) is 47.8 Å². The highest BCUT2D eigenvalue weighted by Crippen LogP contribution is 2.41. The van der Waals surface area contributed by atoms with E-state index in [1.165, 1.54) is 0 Å². The summed E-state index contributed by atoms with van der Waals surface area (Å²) in [6, 6.07) is 8.99. The maximum atomic E-state index is 13.8. The highest BCUT2D eigenvalue weighted by Gasteiger charge is 2.42. The van der Waals surface area contributed by atoms with Gasteiger partial charge in [-0.05, 0) is 68.5 Å². The van der Waals surface area contributed by atoms with Gasteiger partial charge in [-0.15, -0.1) is 0 Å². The summed E-state index contributed by atoms with van der Waals surface area (Å²) in [7, 11) is 0. The van der Waals surface area contributed by atoms with Crippen LogP contribution in [0.1, 0.15) is 85.3 Å².